The molecular formula is C26H26ClFN2O2. The summed E-state index contributed by atoms with van der Waals surface area (Å²) in [6.07, 6.45) is 1.05. The molecule has 0 bridgehead atoms. The fourth-order valence-corrected chi connectivity index (χ4v) is 4.32. The van der Waals surface area contributed by atoms with Gasteiger partial charge in [0, 0.05) is 37.3 Å². The zero-order valence-corrected chi connectivity index (χ0v) is 18.7. The van der Waals surface area contributed by atoms with E-state index in [0.29, 0.717) is 17.4 Å². The summed E-state index contributed by atoms with van der Waals surface area (Å²) in [7, 11) is 0. The normalized spacial score (nSPS) is 18.8. The third-order valence-electron chi connectivity index (χ3n) is 5.71. The van der Waals surface area contributed by atoms with Gasteiger partial charge in [-0.1, -0.05) is 54.9 Å². The Kier molecular flexibility index (Phi) is 7.08. The minimum atomic E-state index is -0.481. The predicted octanol–water partition coefficient (Wildman–Crippen LogP) is 6.02. The van der Waals surface area contributed by atoms with Crippen LogP contribution < -0.4 is 10.1 Å². The Morgan fingerprint density at radius 1 is 1.12 bits per heavy atom. The van der Waals surface area contributed by atoms with Crippen LogP contribution in [0.15, 0.2) is 72.8 Å². The van der Waals surface area contributed by atoms with Crippen LogP contribution >= 0.6 is 11.6 Å². The largest absolute Gasteiger partial charge is 0.490 e. The summed E-state index contributed by atoms with van der Waals surface area (Å²) < 4.78 is 19.5. The number of rotatable bonds is 6. The van der Waals surface area contributed by atoms with Gasteiger partial charge in [0.25, 0.3) is 5.91 Å². The van der Waals surface area contributed by atoms with Crippen LogP contribution in [0.2, 0.25) is 5.02 Å². The number of ether oxygens (including phenoxy) is 1. The van der Waals surface area contributed by atoms with E-state index in [0.717, 1.165) is 32.1 Å². The lowest BCUT2D eigenvalue weighted by atomic mass is 9.96. The SMILES string of the molecule is C[C@@H]1CN(Cc2ccccc2)CCC1Oc1cccc(NC(=O)c2ccc(F)cc2Cl)c1. The lowest BCUT2D eigenvalue weighted by Crippen LogP contribution is -2.43. The molecule has 2 atom stereocenters. The second-order valence-electron chi connectivity index (χ2n) is 8.25. The van der Waals surface area contributed by atoms with E-state index in [1.165, 1.54) is 17.7 Å². The number of piperidine rings is 1. The van der Waals surface area contributed by atoms with Crippen molar-refractivity contribution >= 4 is 23.2 Å². The summed E-state index contributed by atoms with van der Waals surface area (Å²) in [5.41, 5.74) is 2.14. The summed E-state index contributed by atoms with van der Waals surface area (Å²) in [4.78, 5) is 15.0. The summed E-state index contributed by atoms with van der Waals surface area (Å²) in [6.45, 7) is 5.11. The molecule has 166 valence electrons. The molecule has 0 aliphatic carbocycles. The van der Waals surface area contributed by atoms with Crippen LogP contribution in [-0.4, -0.2) is 30.0 Å². The Balaban J connectivity index is 1.35. The van der Waals surface area contributed by atoms with E-state index >= 15 is 0 Å². The van der Waals surface area contributed by atoms with Crippen molar-refractivity contribution in [2.75, 3.05) is 18.4 Å². The Labute approximate surface area is 193 Å². The highest BCUT2D eigenvalue weighted by molar-refractivity contribution is 6.34. The first-order chi connectivity index (χ1) is 15.5. The third kappa shape index (κ3) is 5.67. The maximum Gasteiger partial charge on any atom is 0.257 e. The highest BCUT2D eigenvalue weighted by Crippen LogP contribution is 2.26. The lowest BCUT2D eigenvalue weighted by molar-refractivity contribution is 0.0490. The van der Waals surface area contributed by atoms with Crippen molar-refractivity contribution in [2.45, 2.75) is 26.0 Å². The lowest BCUT2D eigenvalue weighted by Gasteiger charge is -2.37. The van der Waals surface area contributed by atoms with E-state index < -0.39 is 11.7 Å². The number of benzene rings is 3. The van der Waals surface area contributed by atoms with Gasteiger partial charge in [0.2, 0.25) is 0 Å². The summed E-state index contributed by atoms with van der Waals surface area (Å²) in [6, 6.07) is 21.5. The standard InChI is InChI=1S/C26H26ClFN2O2/c1-18-16-30(17-19-6-3-2-4-7-19)13-12-25(18)32-22-9-5-8-21(15-22)29-26(31)23-11-10-20(28)14-24(23)27/h2-11,14-15,18,25H,12-13,16-17H2,1H3,(H,29,31)/t18-,25?/m1/s1. The van der Waals surface area contributed by atoms with Gasteiger partial charge in [0.1, 0.15) is 17.7 Å². The number of carbonyl (C=O) groups is 1. The number of carbonyl (C=O) groups excluding carboxylic acids is 1. The van der Waals surface area contributed by atoms with Crippen molar-refractivity contribution in [1.29, 1.82) is 0 Å². The number of nitrogens with one attached hydrogen (secondary N) is 1. The summed E-state index contributed by atoms with van der Waals surface area (Å²) in [5, 5.41) is 2.88. The molecule has 1 N–H and O–H groups in total. The third-order valence-corrected chi connectivity index (χ3v) is 6.03. The molecule has 1 heterocycles. The molecule has 32 heavy (non-hydrogen) atoms. The fraction of sp³-hybridized carbons (Fsp3) is 0.269. The van der Waals surface area contributed by atoms with E-state index in [-0.39, 0.29) is 16.7 Å². The average Bonchev–Trinajstić information content (AvgIpc) is 2.76. The quantitative estimate of drug-likeness (QED) is 0.497. The van der Waals surface area contributed by atoms with Gasteiger partial charge < -0.3 is 10.1 Å². The molecule has 3 aromatic rings. The van der Waals surface area contributed by atoms with Crippen LogP contribution in [-0.2, 0) is 6.54 Å². The zero-order chi connectivity index (χ0) is 22.5. The molecule has 4 nitrogen and oxygen atoms in total. The number of anilines is 1. The number of amides is 1. The molecule has 1 unspecified atom stereocenters. The topological polar surface area (TPSA) is 41.6 Å². The van der Waals surface area contributed by atoms with Crippen LogP contribution in [0.4, 0.5) is 10.1 Å². The first kappa shape index (κ1) is 22.3. The molecule has 6 heteroatoms. The number of likely N-dealkylation sites (tertiary alicyclic amines) is 1. The van der Waals surface area contributed by atoms with Crippen molar-refractivity contribution < 1.29 is 13.9 Å². The van der Waals surface area contributed by atoms with E-state index in [9.17, 15) is 9.18 Å². The second-order valence-corrected chi connectivity index (χ2v) is 8.66. The van der Waals surface area contributed by atoms with Gasteiger partial charge in [-0.2, -0.15) is 0 Å². The van der Waals surface area contributed by atoms with Crippen molar-refractivity contribution in [3.63, 3.8) is 0 Å². The monoisotopic (exact) mass is 452 g/mol. The maximum absolute atomic E-state index is 13.2. The van der Waals surface area contributed by atoms with Gasteiger partial charge in [-0.25, -0.2) is 4.39 Å². The minimum Gasteiger partial charge on any atom is -0.490 e. The maximum atomic E-state index is 13.2. The molecule has 1 aliphatic heterocycles. The van der Waals surface area contributed by atoms with Crippen molar-refractivity contribution in [1.82, 2.24) is 4.90 Å². The first-order valence-corrected chi connectivity index (χ1v) is 11.1. The first-order valence-electron chi connectivity index (χ1n) is 10.8. The van der Waals surface area contributed by atoms with Gasteiger partial charge in [0.05, 0.1) is 10.6 Å². The highest BCUT2D eigenvalue weighted by Gasteiger charge is 2.27. The molecular weight excluding hydrogens is 427 g/mol. The second kappa shape index (κ2) is 10.2. The Morgan fingerprint density at radius 2 is 1.94 bits per heavy atom. The summed E-state index contributed by atoms with van der Waals surface area (Å²) >= 11 is 6.00. The molecule has 0 radical (unpaired) electrons. The fourth-order valence-electron chi connectivity index (χ4n) is 4.06. The molecule has 1 saturated heterocycles. The predicted molar refractivity (Wildman–Crippen MR) is 126 cm³/mol. The van der Waals surface area contributed by atoms with Crippen molar-refractivity contribution in [2.24, 2.45) is 5.92 Å². The molecule has 1 fully saturated rings. The number of halogens is 2. The van der Waals surface area contributed by atoms with Gasteiger partial charge in [-0.05, 0) is 42.3 Å². The van der Waals surface area contributed by atoms with Gasteiger partial charge in [-0.3, -0.25) is 9.69 Å². The van der Waals surface area contributed by atoms with Gasteiger partial charge in [-0.15, -0.1) is 0 Å². The molecule has 1 amide bonds. The molecule has 0 saturated carbocycles. The highest BCUT2D eigenvalue weighted by atomic mass is 35.5. The van der Waals surface area contributed by atoms with Crippen LogP contribution in [0, 0.1) is 11.7 Å². The average molecular weight is 453 g/mol. The molecule has 1 aliphatic rings. The number of hydrogen-bond acceptors (Lipinski definition) is 3. The zero-order valence-electron chi connectivity index (χ0n) is 17.9. The smallest absolute Gasteiger partial charge is 0.257 e. The van der Waals surface area contributed by atoms with Crippen LogP contribution in [0.25, 0.3) is 0 Å². The van der Waals surface area contributed by atoms with Crippen molar-refractivity contribution in [3.05, 3.63) is 94.8 Å². The minimum absolute atomic E-state index is 0.0750. The molecule has 4 rings (SSSR count). The van der Waals surface area contributed by atoms with E-state index in [4.69, 9.17) is 16.3 Å². The van der Waals surface area contributed by atoms with Crippen LogP contribution in [0.3, 0.4) is 0 Å². The Morgan fingerprint density at radius 3 is 2.69 bits per heavy atom. The molecule has 0 aromatic heterocycles. The number of nitrogens with zero attached hydrogens (tertiary/aromatic N) is 1. The van der Waals surface area contributed by atoms with E-state index in [2.05, 4.69) is 41.4 Å². The van der Waals surface area contributed by atoms with E-state index in [1.54, 1.807) is 12.1 Å². The van der Waals surface area contributed by atoms with Gasteiger partial charge >= 0.3 is 0 Å². The molecule has 3 aromatic carbocycles. The van der Waals surface area contributed by atoms with Gasteiger partial charge in [0.15, 0.2) is 0 Å². The molecule has 0 spiro atoms. The summed E-state index contributed by atoms with van der Waals surface area (Å²) in [5.74, 6) is 0.214. The van der Waals surface area contributed by atoms with Crippen LogP contribution in [0.1, 0.15) is 29.3 Å². The van der Waals surface area contributed by atoms with Crippen LogP contribution in [0.5, 0.6) is 5.75 Å². The number of hydrogen-bond donors (Lipinski definition) is 1. The Hall–Kier alpha value is -2.89. The Bertz CT molecular complexity index is 1080. The van der Waals surface area contributed by atoms with E-state index in [1.807, 2.05) is 18.2 Å². The van der Waals surface area contributed by atoms with Crippen molar-refractivity contribution in [3.8, 4) is 5.75 Å².